The standard InChI is InChI=1S/C38H43F2N9O3/c1-20(2)31-33(22(4)11-12-41-31)49-35-25(17-27(40)32(44-35)29-21(3)9-10-28-26(29)18-43-45-28)34(30(38(49)52)36(50)42-13-14-46(7)8)47-15-16-48(23(5)19-47)37(51)24(6)39/h9-12,17-18,20,23H,6,13-16,19H2,1-5,7-8H3,(H,42,50)(H,43,45)/t23-/m1/s1. The molecular formula is C38H43F2N9O3. The van der Waals surface area contributed by atoms with Gasteiger partial charge in [-0.05, 0) is 70.1 Å². The van der Waals surface area contributed by atoms with Crippen molar-refractivity contribution >= 4 is 39.4 Å². The predicted molar refractivity (Wildman–Crippen MR) is 198 cm³/mol. The molecule has 2 amide bonds. The lowest BCUT2D eigenvalue weighted by atomic mass is 9.98. The number of hydrogen-bond acceptors (Lipinski definition) is 8. The third-order valence-electron chi connectivity index (χ3n) is 9.58. The first-order valence-corrected chi connectivity index (χ1v) is 17.2. The topological polar surface area (TPSA) is 132 Å². The van der Waals surface area contributed by atoms with E-state index in [4.69, 9.17) is 4.98 Å². The molecule has 4 aromatic heterocycles. The van der Waals surface area contributed by atoms with E-state index in [9.17, 15) is 14.0 Å². The Morgan fingerprint density at radius 2 is 1.87 bits per heavy atom. The predicted octanol–water partition coefficient (Wildman–Crippen LogP) is 5.02. The Morgan fingerprint density at radius 3 is 2.54 bits per heavy atom. The molecule has 52 heavy (non-hydrogen) atoms. The summed E-state index contributed by atoms with van der Waals surface area (Å²) in [5.74, 6) is -3.35. The fourth-order valence-electron chi connectivity index (χ4n) is 7.01. The molecule has 5 aromatic rings. The number of nitrogens with zero attached hydrogens (tertiary/aromatic N) is 7. The minimum Gasteiger partial charge on any atom is -0.366 e. The van der Waals surface area contributed by atoms with Gasteiger partial charge in [0.2, 0.25) is 0 Å². The average molecular weight is 712 g/mol. The summed E-state index contributed by atoms with van der Waals surface area (Å²) in [7, 11) is 3.73. The van der Waals surface area contributed by atoms with Gasteiger partial charge in [-0.25, -0.2) is 13.8 Å². The molecule has 0 aliphatic carbocycles. The fraction of sp³-hybridized carbons (Fsp3) is 0.368. The Morgan fingerprint density at radius 1 is 1.12 bits per heavy atom. The normalized spacial score (nSPS) is 14.9. The Balaban J connectivity index is 1.72. The molecule has 0 unspecified atom stereocenters. The maximum absolute atomic E-state index is 16.8. The molecule has 6 rings (SSSR count). The molecule has 1 aromatic carbocycles. The van der Waals surface area contributed by atoms with Crippen LogP contribution < -0.4 is 15.8 Å². The third kappa shape index (κ3) is 6.42. The number of rotatable bonds is 9. The molecule has 0 saturated carbocycles. The zero-order valence-electron chi connectivity index (χ0n) is 30.5. The number of carbonyl (C=O) groups is 2. The highest BCUT2D eigenvalue weighted by atomic mass is 19.1. The number of amides is 2. The Bertz CT molecular complexity index is 2300. The molecule has 1 saturated heterocycles. The van der Waals surface area contributed by atoms with Gasteiger partial charge in [0.05, 0.1) is 28.8 Å². The largest absolute Gasteiger partial charge is 0.366 e. The number of halogens is 2. The van der Waals surface area contributed by atoms with Crippen molar-refractivity contribution in [2.75, 3.05) is 51.7 Å². The van der Waals surface area contributed by atoms with Gasteiger partial charge in [-0.3, -0.25) is 29.0 Å². The zero-order chi connectivity index (χ0) is 37.6. The minimum absolute atomic E-state index is 0.0113. The number of piperazine rings is 1. The highest BCUT2D eigenvalue weighted by molar-refractivity contribution is 6.08. The SMILES string of the molecule is C=C(F)C(=O)N1CCN(c2c(C(=O)NCCN(C)C)c(=O)n(-c3c(C)ccnc3C(C)C)c3nc(-c4c(C)ccc5[nH]ncc45)c(F)cc23)C[C@H]1C. The molecule has 1 aliphatic rings. The number of anilines is 1. The smallest absolute Gasteiger partial charge is 0.282 e. The lowest BCUT2D eigenvalue weighted by molar-refractivity contribution is -0.131. The van der Waals surface area contributed by atoms with E-state index in [0.29, 0.717) is 40.0 Å². The summed E-state index contributed by atoms with van der Waals surface area (Å²) in [6.07, 6.45) is 3.28. The molecule has 14 heteroatoms. The van der Waals surface area contributed by atoms with Crippen LogP contribution in [0.1, 0.15) is 53.9 Å². The van der Waals surface area contributed by atoms with Crippen molar-refractivity contribution in [2.24, 2.45) is 0 Å². The molecule has 2 N–H and O–H groups in total. The Hall–Kier alpha value is -5.50. The minimum atomic E-state index is -1.08. The van der Waals surface area contributed by atoms with Gasteiger partial charge in [0.15, 0.2) is 11.5 Å². The molecule has 0 bridgehead atoms. The molecule has 5 heterocycles. The first kappa shape index (κ1) is 36.3. The number of carbonyl (C=O) groups excluding carboxylic acids is 2. The first-order valence-electron chi connectivity index (χ1n) is 17.2. The number of hydrogen-bond donors (Lipinski definition) is 2. The number of likely N-dealkylation sites (N-methyl/N-ethyl adjacent to an activating group) is 1. The van der Waals surface area contributed by atoms with Gasteiger partial charge in [-0.1, -0.05) is 26.5 Å². The molecule has 1 fully saturated rings. The van der Waals surface area contributed by atoms with Crippen LogP contribution in [0, 0.1) is 19.7 Å². The number of nitrogens with one attached hydrogen (secondary N) is 2. The summed E-state index contributed by atoms with van der Waals surface area (Å²) in [6.45, 7) is 13.6. The van der Waals surface area contributed by atoms with E-state index in [-0.39, 0.29) is 60.1 Å². The van der Waals surface area contributed by atoms with Crippen LogP contribution in [-0.4, -0.2) is 99.2 Å². The zero-order valence-corrected chi connectivity index (χ0v) is 30.5. The van der Waals surface area contributed by atoms with Crippen molar-refractivity contribution in [3.8, 4) is 16.9 Å². The number of fused-ring (bicyclic) bond motifs is 2. The van der Waals surface area contributed by atoms with Crippen LogP contribution in [0.3, 0.4) is 0 Å². The monoisotopic (exact) mass is 711 g/mol. The molecule has 1 atom stereocenters. The highest BCUT2D eigenvalue weighted by Crippen LogP contribution is 2.38. The fourth-order valence-corrected chi connectivity index (χ4v) is 7.01. The van der Waals surface area contributed by atoms with E-state index >= 15 is 9.18 Å². The van der Waals surface area contributed by atoms with Gasteiger partial charge in [0.25, 0.3) is 17.4 Å². The Kier molecular flexibility index (Phi) is 9.95. The van der Waals surface area contributed by atoms with Crippen LogP contribution in [-0.2, 0) is 4.79 Å². The van der Waals surface area contributed by atoms with Gasteiger partial charge in [0.1, 0.15) is 17.1 Å². The maximum Gasteiger partial charge on any atom is 0.282 e. The van der Waals surface area contributed by atoms with E-state index < -0.39 is 35.1 Å². The summed E-state index contributed by atoms with van der Waals surface area (Å²) < 4.78 is 32.2. The second-order valence-corrected chi connectivity index (χ2v) is 13.9. The number of pyridine rings is 3. The molecule has 12 nitrogen and oxygen atoms in total. The van der Waals surface area contributed by atoms with Gasteiger partial charge < -0.3 is 20.0 Å². The van der Waals surface area contributed by atoms with Gasteiger partial charge >= 0.3 is 0 Å². The van der Waals surface area contributed by atoms with Crippen molar-refractivity contribution in [1.82, 2.24) is 39.8 Å². The molecule has 1 aliphatic heterocycles. The number of H-pyrrole nitrogens is 1. The van der Waals surface area contributed by atoms with E-state index in [1.54, 1.807) is 30.3 Å². The van der Waals surface area contributed by atoms with Gasteiger partial charge in [0, 0.05) is 61.3 Å². The van der Waals surface area contributed by atoms with Crippen molar-refractivity contribution in [3.63, 3.8) is 0 Å². The summed E-state index contributed by atoms with van der Waals surface area (Å²) >= 11 is 0. The second-order valence-electron chi connectivity index (χ2n) is 13.9. The lowest BCUT2D eigenvalue weighted by Gasteiger charge is -2.41. The van der Waals surface area contributed by atoms with Crippen molar-refractivity contribution in [3.05, 3.63) is 87.6 Å². The van der Waals surface area contributed by atoms with Crippen LogP contribution in [0.4, 0.5) is 14.5 Å². The van der Waals surface area contributed by atoms with Crippen LogP contribution in [0.15, 0.2) is 53.9 Å². The van der Waals surface area contributed by atoms with Crippen molar-refractivity contribution < 1.29 is 18.4 Å². The maximum atomic E-state index is 16.8. The average Bonchev–Trinajstić information content (AvgIpc) is 3.56. The summed E-state index contributed by atoms with van der Waals surface area (Å²) in [4.78, 5) is 56.8. The van der Waals surface area contributed by atoms with Crippen molar-refractivity contribution in [1.29, 1.82) is 0 Å². The first-order chi connectivity index (χ1) is 24.7. The van der Waals surface area contributed by atoms with Crippen molar-refractivity contribution in [2.45, 2.75) is 46.6 Å². The van der Waals surface area contributed by atoms with E-state index in [1.807, 2.05) is 58.8 Å². The molecule has 0 radical (unpaired) electrons. The number of aromatic nitrogens is 5. The lowest BCUT2D eigenvalue weighted by Crippen LogP contribution is -2.55. The summed E-state index contributed by atoms with van der Waals surface area (Å²) in [5.41, 5.74) is 3.17. The number of benzene rings is 1. The molecular weight excluding hydrogens is 668 g/mol. The number of aryl methyl sites for hydroxylation is 2. The van der Waals surface area contributed by atoms with E-state index in [2.05, 4.69) is 27.1 Å². The second kappa shape index (κ2) is 14.3. The molecule has 272 valence electrons. The van der Waals surface area contributed by atoms with Crippen LogP contribution in [0.2, 0.25) is 0 Å². The van der Waals surface area contributed by atoms with Crippen LogP contribution in [0.5, 0.6) is 0 Å². The Labute approximate surface area is 300 Å². The highest BCUT2D eigenvalue weighted by Gasteiger charge is 2.35. The van der Waals surface area contributed by atoms with E-state index in [0.717, 1.165) is 5.56 Å². The van der Waals surface area contributed by atoms with Gasteiger partial charge in [-0.2, -0.15) is 5.10 Å². The summed E-state index contributed by atoms with van der Waals surface area (Å²) in [5, 5.41) is 10.9. The number of aromatic amines is 1. The van der Waals surface area contributed by atoms with Crippen LogP contribution in [0.25, 0.3) is 38.9 Å². The van der Waals surface area contributed by atoms with E-state index in [1.165, 1.54) is 15.5 Å². The molecule has 0 spiro atoms. The quantitative estimate of drug-likeness (QED) is 0.204. The van der Waals surface area contributed by atoms with Crippen LogP contribution >= 0.6 is 0 Å². The van der Waals surface area contributed by atoms with Gasteiger partial charge in [-0.15, -0.1) is 0 Å². The summed E-state index contributed by atoms with van der Waals surface area (Å²) in [6, 6.07) is 6.26. The third-order valence-corrected chi connectivity index (χ3v) is 9.58.